The number of rotatable bonds is 5. The molecule has 6 heteroatoms. The first kappa shape index (κ1) is 17.5. The number of hydrogen-bond acceptors (Lipinski definition) is 3. The lowest BCUT2D eigenvalue weighted by Crippen LogP contribution is -2.40. The zero-order valence-electron chi connectivity index (χ0n) is 14.4. The minimum absolute atomic E-state index is 0.113. The van der Waals surface area contributed by atoms with E-state index in [4.69, 9.17) is 5.73 Å². The summed E-state index contributed by atoms with van der Waals surface area (Å²) < 4.78 is 0. The molecule has 0 atom stereocenters. The Morgan fingerprint density at radius 1 is 1.08 bits per heavy atom. The fourth-order valence-electron chi connectivity index (χ4n) is 3.67. The number of likely N-dealkylation sites (tertiary alicyclic amines) is 1. The largest absolute Gasteiger partial charge is 0.370 e. The summed E-state index contributed by atoms with van der Waals surface area (Å²) in [7, 11) is 0. The third-order valence-corrected chi connectivity index (χ3v) is 5.13. The van der Waals surface area contributed by atoms with Gasteiger partial charge in [-0.2, -0.15) is 0 Å². The molecule has 0 spiro atoms. The molecular formula is C19H25N3O3. The fraction of sp³-hybridized carbons (Fsp3) is 0.526. The van der Waals surface area contributed by atoms with Crippen LogP contribution in [0.5, 0.6) is 0 Å². The van der Waals surface area contributed by atoms with E-state index in [2.05, 4.69) is 0 Å². The van der Waals surface area contributed by atoms with Gasteiger partial charge in [0.1, 0.15) is 0 Å². The molecule has 3 rings (SSSR count). The second-order valence-corrected chi connectivity index (χ2v) is 6.99. The Balaban J connectivity index is 1.51. The minimum atomic E-state index is -0.263. The van der Waals surface area contributed by atoms with Crippen molar-refractivity contribution in [2.45, 2.75) is 38.5 Å². The Bertz CT molecular complexity index is 648. The van der Waals surface area contributed by atoms with E-state index in [1.165, 1.54) is 0 Å². The number of hydrogen-bond donors (Lipinski definition) is 1. The van der Waals surface area contributed by atoms with Crippen LogP contribution >= 0.6 is 0 Å². The molecule has 0 radical (unpaired) electrons. The van der Waals surface area contributed by atoms with E-state index in [9.17, 15) is 14.4 Å². The summed E-state index contributed by atoms with van der Waals surface area (Å²) >= 11 is 0. The molecule has 2 aliphatic heterocycles. The number of carbonyl (C=O) groups is 3. The number of primary amides is 1. The monoisotopic (exact) mass is 343 g/mol. The maximum Gasteiger partial charge on any atom is 0.227 e. The van der Waals surface area contributed by atoms with Crippen LogP contribution < -0.4 is 10.6 Å². The Morgan fingerprint density at radius 2 is 1.76 bits per heavy atom. The second-order valence-electron chi connectivity index (χ2n) is 6.99. The molecule has 0 aromatic heterocycles. The average molecular weight is 343 g/mol. The molecule has 0 aliphatic carbocycles. The van der Waals surface area contributed by atoms with Crippen molar-refractivity contribution in [2.24, 2.45) is 11.7 Å². The Kier molecular flexibility index (Phi) is 5.36. The van der Waals surface area contributed by atoms with Gasteiger partial charge in [0.2, 0.25) is 17.7 Å². The molecule has 2 N–H and O–H groups in total. The molecule has 0 bridgehead atoms. The molecule has 2 saturated heterocycles. The van der Waals surface area contributed by atoms with Gasteiger partial charge in [0.05, 0.1) is 6.42 Å². The van der Waals surface area contributed by atoms with Gasteiger partial charge in [0, 0.05) is 38.2 Å². The summed E-state index contributed by atoms with van der Waals surface area (Å²) in [6.07, 6.45) is 3.99. The zero-order valence-corrected chi connectivity index (χ0v) is 14.4. The highest BCUT2D eigenvalue weighted by atomic mass is 16.2. The molecule has 2 fully saturated rings. The van der Waals surface area contributed by atoms with Crippen molar-refractivity contribution in [3.05, 3.63) is 29.8 Å². The molecule has 6 nitrogen and oxygen atoms in total. The van der Waals surface area contributed by atoms with E-state index in [0.29, 0.717) is 38.3 Å². The van der Waals surface area contributed by atoms with Crippen LogP contribution in [0.3, 0.4) is 0 Å². The number of amides is 3. The van der Waals surface area contributed by atoms with E-state index in [1.54, 1.807) is 4.90 Å². The van der Waals surface area contributed by atoms with Crippen LogP contribution in [0.1, 0.15) is 37.7 Å². The van der Waals surface area contributed by atoms with Crippen LogP contribution in [-0.2, 0) is 20.8 Å². The van der Waals surface area contributed by atoms with E-state index in [0.717, 1.165) is 37.1 Å². The maximum atomic E-state index is 12.5. The van der Waals surface area contributed by atoms with Gasteiger partial charge in [-0.15, -0.1) is 0 Å². The SMILES string of the molecule is NC(=O)CC1CCN(C(=O)Cc2ccc(N3CCCC3=O)cc2)CC1. The van der Waals surface area contributed by atoms with Crippen molar-refractivity contribution in [3.63, 3.8) is 0 Å². The van der Waals surface area contributed by atoms with Crippen LogP contribution in [-0.4, -0.2) is 42.3 Å². The van der Waals surface area contributed by atoms with Gasteiger partial charge < -0.3 is 15.5 Å². The van der Waals surface area contributed by atoms with Crippen molar-refractivity contribution >= 4 is 23.4 Å². The highest BCUT2D eigenvalue weighted by molar-refractivity contribution is 5.95. The fourth-order valence-corrected chi connectivity index (χ4v) is 3.67. The Labute approximate surface area is 148 Å². The molecule has 1 aromatic rings. The van der Waals surface area contributed by atoms with E-state index < -0.39 is 0 Å². The summed E-state index contributed by atoms with van der Waals surface area (Å²) in [6, 6.07) is 7.70. The van der Waals surface area contributed by atoms with Crippen LogP contribution in [0.4, 0.5) is 5.69 Å². The normalized spacial score (nSPS) is 18.6. The van der Waals surface area contributed by atoms with Gasteiger partial charge in [0.25, 0.3) is 0 Å². The summed E-state index contributed by atoms with van der Waals surface area (Å²) in [6.45, 7) is 2.16. The first-order valence-electron chi connectivity index (χ1n) is 8.98. The molecule has 3 amide bonds. The lowest BCUT2D eigenvalue weighted by Gasteiger charge is -2.31. The number of piperidine rings is 1. The van der Waals surface area contributed by atoms with Gasteiger partial charge in [-0.1, -0.05) is 12.1 Å². The van der Waals surface area contributed by atoms with Crippen LogP contribution in [0.15, 0.2) is 24.3 Å². The van der Waals surface area contributed by atoms with Gasteiger partial charge >= 0.3 is 0 Å². The topological polar surface area (TPSA) is 83.7 Å². The molecule has 1 aromatic carbocycles. The summed E-state index contributed by atoms with van der Waals surface area (Å²) in [4.78, 5) is 38.9. The van der Waals surface area contributed by atoms with E-state index in [-0.39, 0.29) is 17.7 Å². The molecule has 25 heavy (non-hydrogen) atoms. The number of anilines is 1. The van der Waals surface area contributed by atoms with Gasteiger partial charge in [0.15, 0.2) is 0 Å². The maximum absolute atomic E-state index is 12.5. The van der Waals surface area contributed by atoms with Gasteiger partial charge in [-0.25, -0.2) is 0 Å². The molecule has 2 heterocycles. The second kappa shape index (κ2) is 7.68. The first-order valence-corrected chi connectivity index (χ1v) is 8.98. The molecule has 2 aliphatic rings. The Morgan fingerprint density at radius 3 is 2.32 bits per heavy atom. The number of nitrogens with two attached hydrogens (primary N) is 1. The predicted molar refractivity (Wildman–Crippen MR) is 94.8 cm³/mol. The van der Waals surface area contributed by atoms with Crippen molar-refractivity contribution < 1.29 is 14.4 Å². The van der Waals surface area contributed by atoms with Crippen LogP contribution in [0, 0.1) is 5.92 Å². The standard InChI is InChI=1S/C19H25N3O3/c20-17(23)12-15-7-10-21(11-8-15)19(25)13-14-3-5-16(6-4-14)22-9-1-2-18(22)24/h3-6,15H,1-2,7-13H2,(H2,20,23). The number of nitrogens with zero attached hydrogens (tertiary/aromatic N) is 2. The lowest BCUT2D eigenvalue weighted by atomic mass is 9.93. The predicted octanol–water partition coefficient (Wildman–Crippen LogP) is 1.47. The molecule has 134 valence electrons. The molecular weight excluding hydrogens is 318 g/mol. The summed E-state index contributed by atoms with van der Waals surface area (Å²) in [5.41, 5.74) is 7.11. The van der Waals surface area contributed by atoms with Gasteiger partial charge in [-0.05, 0) is 42.9 Å². The molecule has 0 unspecified atom stereocenters. The van der Waals surface area contributed by atoms with Crippen LogP contribution in [0.2, 0.25) is 0 Å². The van der Waals surface area contributed by atoms with E-state index >= 15 is 0 Å². The van der Waals surface area contributed by atoms with Crippen molar-refractivity contribution in [3.8, 4) is 0 Å². The van der Waals surface area contributed by atoms with Gasteiger partial charge in [-0.3, -0.25) is 14.4 Å². The van der Waals surface area contributed by atoms with E-state index in [1.807, 2.05) is 29.2 Å². The smallest absolute Gasteiger partial charge is 0.227 e. The molecule has 0 saturated carbocycles. The highest BCUT2D eigenvalue weighted by Gasteiger charge is 2.24. The Hall–Kier alpha value is -2.37. The minimum Gasteiger partial charge on any atom is -0.370 e. The van der Waals surface area contributed by atoms with Crippen molar-refractivity contribution in [1.82, 2.24) is 4.90 Å². The first-order chi connectivity index (χ1) is 12.0. The summed E-state index contributed by atoms with van der Waals surface area (Å²) in [5, 5.41) is 0. The average Bonchev–Trinajstić information content (AvgIpc) is 3.02. The third kappa shape index (κ3) is 4.38. The van der Waals surface area contributed by atoms with Crippen molar-refractivity contribution in [2.75, 3.05) is 24.5 Å². The lowest BCUT2D eigenvalue weighted by molar-refractivity contribution is -0.132. The zero-order chi connectivity index (χ0) is 17.8. The summed E-state index contributed by atoms with van der Waals surface area (Å²) in [5.74, 6) is 0.324. The third-order valence-electron chi connectivity index (χ3n) is 5.13. The number of carbonyl (C=O) groups excluding carboxylic acids is 3. The highest BCUT2D eigenvalue weighted by Crippen LogP contribution is 2.23. The quantitative estimate of drug-likeness (QED) is 0.879. The van der Waals surface area contributed by atoms with Crippen molar-refractivity contribution in [1.29, 1.82) is 0 Å². The van der Waals surface area contributed by atoms with Crippen LogP contribution in [0.25, 0.3) is 0 Å². The number of benzene rings is 1.